The molecule has 5 rings (SSSR count). The molecule has 2 atom stereocenters. The fourth-order valence-electron chi connectivity index (χ4n) is 4.25. The summed E-state index contributed by atoms with van der Waals surface area (Å²) < 4.78 is 7.03. The first-order chi connectivity index (χ1) is 13.7. The third kappa shape index (κ3) is 3.31. The van der Waals surface area contributed by atoms with Gasteiger partial charge >= 0.3 is 6.09 Å². The largest absolute Gasteiger partial charge is 0.465 e. The predicted octanol–water partition coefficient (Wildman–Crippen LogP) is 4.07. The summed E-state index contributed by atoms with van der Waals surface area (Å²) in [6.45, 7) is 2.47. The number of carbonyl (C=O) groups is 1. The molecule has 2 unspecified atom stereocenters. The van der Waals surface area contributed by atoms with Crippen LogP contribution in [0.3, 0.4) is 0 Å². The van der Waals surface area contributed by atoms with Crippen molar-refractivity contribution in [2.24, 2.45) is 0 Å². The fourth-order valence-corrected chi connectivity index (χ4v) is 5.08. The van der Waals surface area contributed by atoms with Crippen LogP contribution in [0.5, 0.6) is 10.9 Å². The SMILES string of the molecule is O=C(O)N1CC2CC1CN2CCc1ccc(Oc2nc3ccccc3s2)cc1. The second-order valence-corrected chi connectivity index (χ2v) is 8.41. The summed E-state index contributed by atoms with van der Waals surface area (Å²) >= 11 is 1.55. The molecule has 1 aromatic heterocycles. The zero-order chi connectivity index (χ0) is 19.1. The molecule has 3 heterocycles. The Hall–Kier alpha value is -2.64. The Morgan fingerprint density at radius 3 is 2.68 bits per heavy atom. The van der Waals surface area contributed by atoms with E-state index in [-0.39, 0.29) is 6.04 Å². The van der Waals surface area contributed by atoms with Gasteiger partial charge in [-0.2, -0.15) is 0 Å². The molecular formula is C21H21N3O3S. The molecule has 2 saturated heterocycles. The second-order valence-electron chi connectivity index (χ2n) is 7.42. The summed E-state index contributed by atoms with van der Waals surface area (Å²) in [5, 5.41) is 9.85. The van der Waals surface area contributed by atoms with Gasteiger partial charge in [-0.25, -0.2) is 9.78 Å². The van der Waals surface area contributed by atoms with Crippen LogP contribution in [0.2, 0.25) is 0 Å². The third-order valence-corrected chi connectivity index (χ3v) is 6.60. The van der Waals surface area contributed by atoms with Crippen LogP contribution in [0.25, 0.3) is 10.2 Å². The highest BCUT2D eigenvalue weighted by atomic mass is 32.1. The first kappa shape index (κ1) is 17.5. The van der Waals surface area contributed by atoms with E-state index >= 15 is 0 Å². The summed E-state index contributed by atoms with van der Waals surface area (Å²) in [5.41, 5.74) is 2.22. The summed E-state index contributed by atoms with van der Waals surface area (Å²) in [6, 6.07) is 16.7. The van der Waals surface area contributed by atoms with Crippen LogP contribution in [-0.4, -0.2) is 57.7 Å². The number of carboxylic acid groups (broad SMARTS) is 1. The topological polar surface area (TPSA) is 65.9 Å². The molecule has 0 spiro atoms. The molecule has 1 amide bonds. The van der Waals surface area contributed by atoms with E-state index in [9.17, 15) is 9.90 Å². The van der Waals surface area contributed by atoms with Crippen LogP contribution in [0.4, 0.5) is 4.79 Å². The third-order valence-electron chi connectivity index (χ3n) is 5.69. The molecule has 6 nitrogen and oxygen atoms in total. The van der Waals surface area contributed by atoms with Crippen LogP contribution in [-0.2, 0) is 6.42 Å². The Morgan fingerprint density at radius 1 is 1.14 bits per heavy atom. The van der Waals surface area contributed by atoms with E-state index in [0.29, 0.717) is 17.8 Å². The molecule has 28 heavy (non-hydrogen) atoms. The summed E-state index contributed by atoms with van der Waals surface area (Å²) in [4.78, 5) is 19.7. The number of ether oxygens (including phenoxy) is 1. The van der Waals surface area contributed by atoms with Crippen molar-refractivity contribution in [2.75, 3.05) is 19.6 Å². The molecule has 7 heteroatoms. The number of amides is 1. The molecule has 0 saturated carbocycles. The summed E-state index contributed by atoms with van der Waals surface area (Å²) in [5.74, 6) is 0.792. The lowest BCUT2D eigenvalue weighted by Crippen LogP contribution is -2.48. The van der Waals surface area contributed by atoms with Crippen LogP contribution in [0, 0.1) is 0 Å². The van der Waals surface area contributed by atoms with E-state index in [2.05, 4.69) is 22.0 Å². The number of fused-ring (bicyclic) bond motifs is 3. The molecule has 2 aromatic carbocycles. The van der Waals surface area contributed by atoms with Crippen molar-refractivity contribution in [3.05, 3.63) is 54.1 Å². The molecule has 2 bridgehead atoms. The van der Waals surface area contributed by atoms with Gasteiger partial charge in [0.2, 0.25) is 0 Å². The average molecular weight is 395 g/mol. The number of benzene rings is 2. The van der Waals surface area contributed by atoms with E-state index in [4.69, 9.17) is 4.74 Å². The van der Waals surface area contributed by atoms with Crippen LogP contribution < -0.4 is 4.74 Å². The second kappa shape index (κ2) is 7.07. The smallest absolute Gasteiger partial charge is 0.407 e. The molecule has 2 aliphatic rings. The van der Waals surface area contributed by atoms with Gasteiger partial charge in [0, 0.05) is 31.7 Å². The predicted molar refractivity (Wildman–Crippen MR) is 108 cm³/mol. The molecular weight excluding hydrogens is 374 g/mol. The highest BCUT2D eigenvalue weighted by Crippen LogP contribution is 2.32. The Morgan fingerprint density at radius 2 is 1.96 bits per heavy atom. The minimum absolute atomic E-state index is 0.173. The molecule has 2 fully saturated rings. The van der Waals surface area contributed by atoms with Crippen molar-refractivity contribution in [3.8, 4) is 10.9 Å². The number of rotatable bonds is 5. The number of para-hydroxylation sites is 1. The van der Waals surface area contributed by atoms with E-state index in [1.165, 1.54) is 5.56 Å². The normalized spacial score (nSPS) is 21.5. The zero-order valence-corrected chi connectivity index (χ0v) is 16.1. The van der Waals surface area contributed by atoms with Crippen LogP contribution in [0.15, 0.2) is 48.5 Å². The van der Waals surface area contributed by atoms with Crippen molar-refractivity contribution < 1.29 is 14.6 Å². The van der Waals surface area contributed by atoms with E-state index in [1.807, 2.05) is 36.4 Å². The molecule has 144 valence electrons. The van der Waals surface area contributed by atoms with Gasteiger partial charge in [-0.1, -0.05) is 35.6 Å². The molecule has 3 aromatic rings. The first-order valence-electron chi connectivity index (χ1n) is 9.52. The molecule has 2 aliphatic heterocycles. The first-order valence-corrected chi connectivity index (χ1v) is 10.3. The maximum Gasteiger partial charge on any atom is 0.407 e. The van der Waals surface area contributed by atoms with Crippen molar-refractivity contribution in [1.29, 1.82) is 0 Å². The lowest BCUT2D eigenvalue weighted by atomic mass is 10.1. The van der Waals surface area contributed by atoms with Gasteiger partial charge in [0.25, 0.3) is 5.19 Å². The van der Waals surface area contributed by atoms with Crippen molar-refractivity contribution >= 4 is 27.6 Å². The number of aromatic nitrogens is 1. The van der Waals surface area contributed by atoms with Crippen molar-refractivity contribution in [2.45, 2.75) is 24.9 Å². The standard InChI is InChI=1S/C21H21N3O3S/c25-21(26)24-13-15-11-16(24)12-23(15)10-9-14-5-7-17(8-6-14)27-20-22-18-3-1-2-4-19(18)28-20/h1-8,15-16H,9-13H2,(H,25,26). The lowest BCUT2D eigenvalue weighted by molar-refractivity contribution is 0.103. The lowest BCUT2D eigenvalue weighted by Gasteiger charge is -2.32. The van der Waals surface area contributed by atoms with Gasteiger partial charge in [0.15, 0.2) is 0 Å². The van der Waals surface area contributed by atoms with Gasteiger partial charge in [-0.05, 0) is 42.7 Å². The van der Waals surface area contributed by atoms with Gasteiger partial charge in [0.05, 0.1) is 10.2 Å². The van der Waals surface area contributed by atoms with Gasteiger partial charge in [-0.3, -0.25) is 4.90 Å². The van der Waals surface area contributed by atoms with E-state index in [1.54, 1.807) is 16.2 Å². The Kier molecular flexibility index (Phi) is 4.41. The molecule has 0 radical (unpaired) electrons. The number of hydrogen-bond acceptors (Lipinski definition) is 5. The van der Waals surface area contributed by atoms with Gasteiger partial charge in [0.1, 0.15) is 5.75 Å². The number of nitrogens with zero attached hydrogens (tertiary/aromatic N) is 3. The van der Waals surface area contributed by atoms with Crippen LogP contribution in [0.1, 0.15) is 12.0 Å². The number of likely N-dealkylation sites (tertiary alicyclic amines) is 2. The number of piperazine rings is 1. The summed E-state index contributed by atoms with van der Waals surface area (Å²) in [6.07, 6.45) is 1.15. The van der Waals surface area contributed by atoms with Gasteiger partial charge in [-0.15, -0.1) is 0 Å². The minimum Gasteiger partial charge on any atom is -0.465 e. The maximum absolute atomic E-state index is 11.2. The van der Waals surface area contributed by atoms with E-state index < -0.39 is 6.09 Å². The highest BCUT2D eigenvalue weighted by molar-refractivity contribution is 7.20. The Bertz CT molecular complexity index is 971. The number of thiazole rings is 1. The average Bonchev–Trinajstić information content (AvgIpc) is 3.40. The highest BCUT2D eigenvalue weighted by Gasteiger charge is 2.44. The molecule has 1 N–H and O–H groups in total. The Balaban J connectivity index is 1.17. The number of hydrogen-bond donors (Lipinski definition) is 1. The van der Waals surface area contributed by atoms with Crippen molar-refractivity contribution in [3.63, 3.8) is 0 Å². The monoisotopic (exact) mass is 395 g/mol. The maximum atomic E-state index is 11.2. The van der Waals surface area contributed by atoms with Crippen LogP contribution >= 0.6 is 11.3 Å². The molecule has 0 aliphatic carbocycles. The van der Waals surface area contributed by atoms with E-state index in [0.717, 1.165) is 41.9 Å². The zero-order valence-electron chi connectivity index (χ0n) is 15.3. The Labute approximate surface area is 167 Å². The summed E-state index contributed by atoms with van der Waals surface area (Å²) in [7, 11) is 0. The fraction of sp³-hybridized carbons (Fsp3) is 0.333. The van der Waals surface area contributed by atoms with Gasteiger partial charge < -0.3 is 14.7 Å². The minimum atomic E-state index is -0.782. The quantitative estimate of drug-likeness (QED) is 0.706. The van der Waals surface area contributed by atoms with Crippen molar-refractivity contribution in [1.82, 2.24) is 14.8 Å².